The van der Waals surface area contributed by atoms with E-state index in [2.05, 4.69) is 31.4 Å². The lowest BCUT2D eigenvalue weighted by Crippen LogP contribution is -2.06. The van der Waals surface area contributed by atoms with Crippen LogP contribution in [0.2, 0.25) is 0 Å². The van der Waals surface area contributed by atoms with E-state index in [9.17, 15) is 4.39 Å². The normalized spacial score (nSPS) is 10.8. The van der Waals surface area contributed by atoms with Crippen molar-refractivity contribution in [1.29, 1.82) is 0 Å². The van der Waals surface area contributed by atoms with Crippen LogP contribution < -0.4 is 5.32 Å². The van der Waals surface area contributed by atoms with E-state index in [0.717, 1.165) is 21.4 Å². The first-order valence-corrected chi connectivity index (χ1v) is 6.06. The molecule has 0 radical (unpaired) electrons. The van der Waals surface area contributed by atoms with Crippen LogP contribution >= 0.6 is 15.9 Å². The van der Waals surface area contributed by atoms with Gasteiger partial charge in [-0.2, -0.15) is 5.10 Å². The zero-order valence-electron chi connectivity index (χ0n) is 9.64. The number of hydrogen-bond acceptors (Lipinski definition) is 2. The maximum Gasteiger partial charge on any atom is 0.131 e. The largest absolute Gasteiger partial charge is 0.314 e. The molecule has 0 amide bonds. The first-order chi connectivity index (χ1) is 8.13. The highest BCUT2D eigenvalue weighted by molar-refractivity contribution is 9.10. The third kappa shape index (κ3) is 2.40. The molecule has 0 saturated heterocycles. The van der Waals surface area contributed by atoms with Crippen LogP contribution in [0.1, 0.15) is 11.4 Å². The van der Waals surface area contributed by atoms with Crippen LogP contribution in [-0.2, 0) is 6.54 Å². The molecule has 0 fully saturated rings. The maximum atomic E-state index is 13.9. The van der Waals surface area contributed by atoms with Gasteiger partial charge in [0.25, 0.3) is 0 Å². The molecule has 0 bridgehead atoms. The standard InChI is InChI=1S/C12H13BrFN3/c1-7-12(11(6-15-2)17-16-7)9-5-8(13)3-4-10(9)14/h3-5,15H,6H2,1-2H3,(H,16,17). The van der Waals surface area contributed by atoms with Crippen molar-refractivity contribution in [2.75, 3.05) is 7.05 Å². The number of H-pyrrole nitrogens is 1. The van der Waals surface area contributed by atoms with Crippen molar-refractivity contribution >= 4 is 15.9 Å². The highest BCUT2D eigenvalue weighted by Gasteiger charge is 2.15. The number of rotatable bonds is 3. The quantitative estimate of drug-likeness (QED) is 0.914. The minimum Gasteiger partial charge on any atom is -0.314 e. The van der Waals surface area contributed by atoms with E-state index in [1.165, 1.54) is 6.07 Å². The van der Waals surface area contributed by atoms with Gasteiger partial charge >= 0.3 is 0 Å². The third-order valence-corrected chi connectivity index (χ3v) is 3.06. The molecule has 0 spiro atoms. The average molecular weight is 298 g/mol. The van der Waals surface area contributed by atoms with Crippen LogP contribution in [0.5, 0.6) is 0 Å². The average Bonchev–Trinajstić information content (AvgIpc) is 2.64. The summed E-state index contributed by atoms with van der Waals surface area (Å²) in [5.41, 5.74) is 3.09. The van der Waals surface area contributed by atoms with Crippen molar-refractivity contribution in [2.45, 2.75) is 13.5 Å². The smallest absolute Gasteiger partial charge is 0.131 e. The second kappa shape index (κ2) is 4.98. The van der Waals surface area contributed by atoms with Crippen LogP contribution in [0, 0.1) is 12.7 Å². The lowest BCUT2D eigenvalue weighted by atomic mass is 10.0. The minimum absolute atomic E-state index is 0.241. The summed E-state index contributed by atoms with van der Waals surface area (Å²) >= 11 is 3.36. The summed E-state index contributed by atoms with van der Waals surface area (Å²) in [7, 11) is 1.84. The van der Waals surface area contributed by atoms with Gasteiger partial charge < -0.3 is 5.32 Å². The van der Waals surface area contributed by atoms with Crippen molar-refractivity contribution in [3.05, 3.63) is 39.9 Å². The molecule has 3 nitrogen and oxygen atoms in total. The molecule has 5 heteroatoms. The number of hydrogen-bond donors (Lipinski definition) is 2. The zero-order valence-corrected chi connectivity index (χ0v) is 11.2. The summed E-state index contributed by atoms with van der Waals surface area (Å²) in [6, 6.07) is 4.91. The zero-order chi connectivity index (χ0) is 12.4. The lowest BCUT2D eigenvalue weighted by molar-refractivity contribution is 0.630. The Morgan fingerprint density at radius 2 is 2.24 bits per heavy atom. The Bertz CT molecular complexity index is 537. The van der Waals surface area contributed by atoms with Crippen molar-refractivity contribution in [2.24, 2.45) is 0 Å². The highest BCUT2D eigenvalue weighted by Crippen LogP contribution is 2.30. The Balaban J connectivity index is 2.58. The summed E-state index contributed by atoms with van der Waals surface area (Å²) in [5.74, 6) is -0.241. The van der Waals surface area contributed by atoms with E-state index in [-0.39, 0.29) is 5.82 Å². The van der Waals surface area contributed by atoms with Gasteiger partial charge in [0.05, 0.1) is 5.69 Å². The molecule has 90 valence electrons. The van der Waals surface area contributed by atoms with Gasteiger partial charge in [0, 0.05) is 27.8 Å². The van der Waals surface area contributed by atoms with Gasteiger partial charge in [0.2, 0.25) is 0 Å². The molecule has 2 N–H and O–H groups in total. The fourth-order valence-electron chi connectivity index (χ4n) is 1.82. The van der Waals surface area contributed by atoms with Crippen LogP contribution in [-0.4, -0.2) is 17.2 Å². The summed E-state index contributed by atoms with van der Waals surface area (Å²) in [5, 5.41) is 10.1. The number of aromatic amines is 1. The molecule has 2 rings (SSSR count). The van der Waals surface area contributed by atoms with Crippen LogP contribution in [0.3, 0.4) is 0 Å². The molecule has 1 aromatic heterocycles. The van der Waals surface area contributed by atoms with Gasteiger partial charge in [-0.25, -0.2) is 4.39 Å². The molecule has 17 heavy (non-hydrogen) atoms. The summed E-state index contributed by atoms with van der Waals surface area (Å²) in [4.78, 5) is 0. The number of nitrogens with zero attached hydrogens (tertiary/aromatic N) is 1. The first kappa shape index (κ1) is 12.3. The number of aryl methyl sites for hydroxylation is 1. The van der Waals surface area contributed by atoms with E-state index < -0.39 is 0 Å². The van der Waals surface area contributed by atoms with Gasteiger partial charge in [-0.1, -0.05) is 15.9 Å². The predicted molar refractivity (Wildman–Crippen MR) is 69.2 cm³/mol. The van der Waals surface area contributed by atoms with E-state index in [1.807, 2.05) is 14.0 Å². The lowest BCUT2D eigenvalue weighted by Gasteiger charge is -2.06. The Morgan fingerprint density at radius 3 is 2.94 bits per heavy atom. The molecule has 1 aromatic carbocycles. The summed E-state index contributed by atoms with van der Waals surface area (Å²) in [6.45, 7) is 2.49. The molecule has 0 aliphatic rings. The van der Waals surface area contributed by atoms with Crippen molar-refractivity contribution in [1.82, 2.24) is 15.5 Å². The monoisotopic (exact) mass is 297 g/mol. The van der Waals surface area contributed by atoms with E-state index in [0.29, 0.717) is 12.1 Å². The number of nitrogens with one attached hydrogen (secondary N) is 2. The molecule has 2 aromatic rings. The maximum absolute atomic E-state index is 13.9. The number of benzene rings is 1. The number of aromatic nitrogens is 2. The van der Waals surface area contributed by atoms with Crippen molar-refractivity contribution in [3.63, 3.8) is 0 Å². The fourth-order valence-corrected chi connectivity index (χ4v) is 2.18. The molecule has 0 aliphatic heterocycles. The molecular weight excluding hydrogens is 285 g/mol. The first-order valence-electron chi connectivity index (χ1n) is 5.27. The summed E-state index contributed by atoms with van der Waals surface area (Å²) < 4.78 is 14.7. The van der Waals surface area contributed by atoms with Crippen LogP contribution in [0.15, 0.2) is 22.7 Å². The topological polar surface area (TPSA) is 40.7 Å². The van der Waals surface area contributed by atoms with E-state index >= 15 is 0 Å². The Hall–Kier alpha value is -1.20. The molecule has 0 atom stereocenters. The van der Waals surface area contributed by atoms with Gasteiger partial charge in [0.1, 0.15) is 5.82 Å². The van der Waals surface area contributed by atoms with Crippen LogP contribution in [0.25, 0.3) is 11.1 Å². The van der Waals surface area contributed by atoms with E-state index in [4.69, 9.17) is 0 Å². The SMILES string of the molecule is CNCc1n[nH]c(C)c1-c1cc(Br)ccc1F. The molecular formula is C12H13BrFN3. The number of halogens is 2. The molecule has 0 saturated carbocycles. The summed E-state index contributed by atoms with van der Waals surface area (Å²) in [6.07, 6.45) is 0. The van der Waals surface area contributed by atoms with Crippen LogP contribution in [0.4, 0.5) is 4.39 Å². The Morgan fingerprint density at radius 1 is 1.47 bits per heavy atom. The van der Waals surface area contributed by atoms with Gasteiger partial charge in [0.15, 0.2) is 0 Å². The predicted octanol–water partition coefficient (Wildman–Crippen LogP) is 3.01. The fraction of sp³-hybridized carbons (Fsp3) is 0.250. The van der Waals surface area contributed by atoms with Crippen molar-refractivity contribution < 1.29 is 4.39 Å². The Labute approximate surface area is 108 Å². The van der Waals surface area contributed by atoms with Gasteiger partial charge in [-0.3, -0.25) is 5.10 Å². The van der Waals surface area contributed by atoms with Gasteiger partial charge in [-0.15, -0.1) is 0 Å². The van der Waals surface area contributed by atoms with E-state index in [1.54, 1.807) is 12.1 Å². The Kier molecular flexibility index (Phi) is 3.59. The highest BCUT2D eigenvalue weighted by atomic mass is 79.9. The molecule has 0 unspecified atom stereocenters. The minimum atomic E-state index is -0.241. The van der Waals surface area contributed by atoms with Crippen molar-refractivity contribution in [3.8, 4) is 11.1 Å². The second-order valence-electron chi connectivity index (χ2n) is 3.82. The van der Waals surface area contributed by atoms with Gasteiger partial charge in [-0.05, 0) is 32.2 Å². The molecule has 1 heterocycles. The molecule has 0 aliphatic carbocycles. The second-order valence-corrected chi connectivity index (χ2v) is 4.74. The third-order valence-electron chi connectivity index (χ3n) is 2.56.